The Bertz CT molecular complexity index is 515. The predicted molar refractivity (Wildman–Crippen MR) is 73.6 cm³/mol. The summed E-state index contributed by atoms with van der Waals surface area (Å²) in [5.74, 6) is 2.43. The fourth-order valence-corrected chi connectivity index (χ4v) is 2.22. The van der Waals surface area contributed by atoms with Crippen LogP contribution < -0.4 is 5.73 Å². The van der Waals surface area contributed by atoms with Gasteiger partial charge in [-0.3, -0.25) is 0 Å². The van der Waals surface area contributed by atoms with Gasteiger partial charge in [-0.2, -0.15) is 5.10 Å². The molecule has 5 heteroatoms. The van der Waals surface area contributed by atoms with Crippen LogP contribution >= 0.6 is 0 Å². The molecular formula is C14H22N4O. The van der Waals surface area contributed by atoms with Gasteiger partial charge in [-0.1, -0.05) is 20.8 Å². The SMILES string of the molecule is CCc1occc1C(N)Cc1ncnn1CC(C)C. The number of aryl methyl sites for hydroxylation is 1. The van der Waals surface area contributed by atoms with E-state index < -0.39 is 0 Å². The minimum Gasteiger partial charge on any atom is -0.469 e. The van der Waals surface area contributed by atoms with Crippen LogP contribution in [0.1, 0.15) is 44.0 Å². The minimum absolute atomic E-state index is 0.0937. The maximum Gasteiger partial charge on any atom is 0.138 e. The van der Waals surface area contributed by atoms with Crippen molar-refractivity contribution in [2.75, 3.05) is 0 Å². The van der Waals surface area contributed by atoms with Crippen LogP contribution in [0.2, 0.25) is 0 Å². The smallest absolute Gasteiger partial charge is 0.138 e. The number of hydrogen-bond acceptors (Lipinski definition) is 4. The van der Waals surface area contributed by atoms with Crippen molar-refractivity contribution >= 4 is 0 Å². The van der Waals surface area contributed by atoms with E-state index in [4.69, 9.17) is 10.2 Å². The van der Waals surface area contributed by atoms with Gasteiger partial charge in [0.15, 0.2) is 0 Å². The van der Waals surface area contributed by atoms with E-state index in [1.807, 2.05) is 10.7 Å². The van der Waals surface area contributed by atoms with Gasteiger partial charge in [-0.25, -0.2) is 9.67 Å². The largest absolute Gasteiger partial charge is 0.469 e. The maximum atomic E-state index is 6.27. The van der Waals surface area contributed by atoms with Crippen molar-refractivity contribution < 1.29 is 4.42 Å². The summed E-state index contributed by atoms with van der Waals surface area (Å²) in [6.45, 7) is 7.26. The van der Waals surface area contributed by atoms with Crippen molar-refractivity contribution in [2.45, 2.75) is 46.2 Å². The highest BCUT2D eigenvalue weighted by Gasteiger charge is 2.16. The second kappa shape index (κ2) is 6.02. The number of nitrogens with zero attached hydrogens (tertiary/aromatic N) is 3. The van der Waals surface area contributed by atoms with Gasteiger partial charge >= 0.3 is 0 Å². The molecule has 5 nitrogen and oxygen atoms in total. The van der Waals surface area contributed by atoms with E-state index >= 15 is 0 Å². The van der Waals surface area contributed by atoms with Crippen LogP contribution in [0.3, 0.4) is 0 Å². The molecule has 0 aliphatic heterocycles. The average Bonchev–Trinajstić information content (AvgIpc) is 2.97. The fraction of sp³-hybridized carbons (Fsp3) is 0.571. The summed E-state index contributed by atoms with van der Waals surface area (Å²) in [5, 5.41) is 4.26. The predicted octanol–water partition coefficient (Wildman–Crippen LogP) is 2.33. The molecule has 0 saturated heterocycles. The Morgan fingerprint density at radius 3 is 2.89 bits per heavy atom. The van der Waals surface area contributed by atoms with Gasteiger partial charge in [0.25, 0.3) is 0 Å². The van der Waals surface area contributed by atoms with Crippen LogP contribution in [-0.2, 0) is 19.4 Å². The van der Waals surface area contributed by atoms with E-state index in [0.29, 0.717) is 12.3 Å². The van der Waals surface area contributed by atoms with Crippen molar-refractivity contribution in [2.24, 2.45) is 11.7 Å². The van der Waals surface area contributed by atoms with E-state index in [1.165, 1.54) is 0 Å². The van der Waals surface area contributed by atoms with Crippen molar-refractivity contribution in [3.8, 4) is 0 Å². The second-order valence-electron chi connectivity index (χ2n) is 5.22. The van der Waals surface area contributed by atoms with Crippen molar-refractivity contribution in [1.82, 2.24) is 14.8 Å². The zero-order chi connectivity index (χ0) is 13.8. The zero-order valence-electron chi connectivity index (χ0n) is 11.8. The summed E-state index contributed by atoms with van der Waals surface area (Å²) in [7, 11) is 0. The van der Waals surface area contributed by atoms with Gasteiger partial charge in [0, 0.05) is 31.0 Å². The van der Waals surface area contributed by atoms with Crippen LogP contribution in [0.5, 0.6) is 0 Å². The Labute approximate surface area is 113 Å². The molecule has 0 aliphatic rings. The second-order valence-corrected chi connectivity index (χ2v) is 5.22. The molecule has 104 valence electrons. The van der Waals surface area contributed by atoms with Crippen molar-refractivity contribution in [3.63, 3.8) is 0 Å². The third-order valence-corrected chi connectivity index (χ3v) is 3.14. The van der Waals surface area contributed by atoms with Gasteiger partial charge in [-0.15, -0.1) is 0 Å². The topological polar surface area (TPSA) is 69.9 Å². The third kappa shape index (κ3) is 3.23. The average molecular weight is 262 g/mol. The molecule has 0 bridgehead atoms. The zero-order valence-corrected chi connectivity index (χ0v) is 11.8. The first-order valence-electron chi connectivity index (χ1n) is 6.80. The normalized spacial score (nSPS) is 13.1. The molecule has 2 rings (SSSR count). The number of nitrogens with two attached hydrogens (primary N) is 1. The Morgan fingerprint density at radius 1 is 1.42 bits per heavy atom. The van der Waals surface area contributed by atoms with Crippen LogP contribution in [-0.4, -0.2) is 14.8 Å². The van der Waals surface area contributed by atoms with Gasteiger partial charge in [-0.05, 0) is 12.0 Å². The highest BCUT2D eigenvalue weighted by atomic mass is 16.3. The summed E-state index contributed by atoms with van der Waals surface area (Å²) < 4.78 is 7.37. The first kappa shape index (κ1) is 13.8. The van der Waals surface area contributed by atoms with Gasteiger partial charge in [0.05, 0.1) is 6.26 Å². The molecule has 1 atom stereocenters. The van der Waals surface area contributed by atoms with E-state index in [2.05, 4.69) is 30.9 Å². The highest BCUT2D eigenvalue weighted by molar-refractivity contribution is 5.22. The van der Waals surface area contributed by atoms with E-state index in [1.54, 1.807) is 12.6 Å². The molecule has 2 aromatic heterocycles. The van der Waals surface area contributed by atoms with Crippen LogP contribution in [0.4, 0.5) is 0 Å². The minimum atomic E-state index is -0.0937. The first-order valence-corrected chi connectivity index (χ1v) is 6.80. The van der Waals surface area contributed by atoms with Crippen molar-refractivity contribution in [3.05, 3.63) is 35.8 Å². The lowest BCUT2D eigenvalue weighted by molar-refractivity contribution is 0.457. The first-order chi connectivity index (χ1) is 9.11. The van der Waals surface area contributed by atoms with Gasteiger partial charge in [0.2, 0.25) is 0 Å². The Morgan fingerprint density at radius 2 is 2.21 bits per heavy atom. The highest BCUT2D eigenvalue weighted by Crippen LogP contribution is 2.21. The molecule has 2 aromatic rings. The number of aromatic nitrogens is 3. The Hall–Kier alpha value is -1.62. The molecule has 0 amide bonds. The van der Waals surface area contributed by atoms with Gasteiger partial charge in [0.1, 0.15) is 17.9 Å². The maximum absolute atomic E-state index is 6.27. The summed E-state index contributed by atoms with van der Waals surface area (Å²) >= 11 is 0. The molecule has 2 heterocycles. The third-order valence-electron chi connectivity index (χ3n) is 3.14. The summed E-state index contributed by atoms with van der Waals surface area (Å²) in [4.78, 5) is 4.32. The molecule has 0 radical (unpaired) electrons. The lowest BCUT2D eigenvalue weighted by Crippen LogP contribution is -2.18. The molecule has 0 spiro atoms. The van der Waals surface area contributed by atoms with Gasteiger partial charge < -0.3 is 10.2 Å². The monoisotopic (exact) mass is 262 g/mol. The lowest BCUT2D eigenvalue weighted by atomic mass is 10.0. The summed E-state index contributed by atoms with van der Waals surface area (Å²) in [6, 6.07) is 1.86. The molecule has 0 fully saturated rings. The van der Waals surface area contributed by atoms with Crippen molar-refractivity contribution in [1.29, 1.82) is 0 Å². The van der Waals surface area contributed by atoms with E-state index in [9.17, 15) is 0 Å². The molecule has 0 aromatic carbocycles. The Kier molecular flexibility index (Phi) is 4.37. The number of rotatable bonds is 6. The quantitative estimate of drug-likeness (QED) is 0.867. The fourth-order valence-electron chi connectivity index (χ4n) is 2.22. The number of furan rings is 1. The van der Waals surface area contributed by atoms with Crippen LogP contribution in [0.15, 0.2) is 23.1 Å². The molecule has 0 aliphatic carbocycles. The Balaban J connectivity index is 2.11. The molecule has 2 N–H and O–H groups in total. The van der Waals surface area contributed by atoms with Crippen LogP contribution in [0.25, 0.3) is 0 Å². The van der Waals surface area contributed by atoms with Crippen LogP contribution in [0, 0.1) is 5.92 Å². The molecular weight excluding hydrogens is 240 g/mol. The molecule has 0 saturated carbocycles. The van der Waals surface area contributed by atoms with E-state index in [0.717, 1.165) is 30.1 Å². The summed E-state index contributed by atoms with van der Waals surface area (Å²) in [5.41, 5.74) is 7.34. The number of hydrogen-bond donors (Lipinski definition) is 1. The molecule has 19 heavy (non-hydrogen) atoms. The lowest BCUT2D eigenvalue weighted by Gasteiger charge is -2.13. The summed E-state index contributed by atoms with van der Waals surface area (Å²) in [6.07, 6.45) is 4.83. The van der Waals surface area contributed by atoms with E-state index in [-0.39, 0.29) is 6.04 Å². The molecule has 1 unspecified atom stereocenters. The standard InChI is InChI=1S/C14H22N4O/c1-4-13-11(5-6-19-13)12(15)7-14-16-9-17-18(14)8-10(2)3/h5-6,9-10,12H,4,7-8,15H2,1-3H3.